The van der Waals surface area contributed by atoms with Gasteiger partial charge in [-0.3, -0.25) is 0 Å². The second kappa shape index (κ2) is 21.7. The monoisotopic (exact) mass is 354 g/mol. The molecule has 0 spiro atoms. The maximum absolute atomic E-state index is 2.35. The molecule has 0 aliphatic heterocycles. The van der Waals surface area contributed by atoms with Gasteiger partial charge in [0.2, 0.25) is 0 Å². The van der Waals surface area contributed by atoms with Gasteiger partial charge in [-0.2, -0.15) is 0 Å². The Morgan fingerprint density at radius 3 is 1.16 bits per heavy atom. The number of hydrogen-bond donors (Lipinski definition) is 0. The van der Waals surface area contributed by atoms with E-state index >= 15 is 0 Å². The van der Waals surface area contributed by atoms with Crippen molar-refractivity contribution >= 4 is 0 Å². The van der Waals surface area contributed by atoms with Gasteiger partial charge in [-0.25, -0.2) is 0 Å². The quantitative estimate of drug-likeness (QED) is 0.192. The highest BCUT2D eigenvalue weighted by Crippen LogP contribution is 2.13. The summed E-state index contributed by atoms with van der Waals surface area (Å²) in [5, 5.41) is 0. The Labute approximate surface area is 161 Å². The lowest BCUT2D eigenvalue weighted by atomic mass is 10.0. The second-order valence-corrected chi connectivity index (χ2v) is 8.59. The fourth-order valence-electron chi connectivity index (χ4n) is 2.85. The molecule has 0 saturated carbocycles. The molecule has 0 bridgehead atoms. The minimum absolute atomic E-state index is 0.943. The fraction of sp³-hybridized carbons (Fsp3) is 0.917. The lowest BCUT2D eigenvalue weighted by Gasteiger charge is -2.17. The molecule has 0 rings (SSSR count). The van der Waals surface area contributed by atoms with Crippen LogP contribution in [0.25, 0.3) is 0 Å². The zero-order chi connectivity index (χ0) is 19.2. The van der Waals surface area contributed by atoms with E-state index in [1.807, 2.05) is 0 Å². The smallest absolute Gasteiger partial charge is 0.0911 e. The predicted molar refractivity (Wildman–Crippen MR) is 118 cm³/mol. The summed E-state index contributed by atoms with van der Waals surface area (Å²) in [6.45, 7) is 6.54. The second-order valence-electron chi connectivity index (χ2n) is 8.59. The van der Waals surface area contributed by atoms with Crippen LogP contribution >= 0.6 is 0 Å². The lowest BCUT2D eigenvalue weighted by Crippen LogP contribution is -2.26. The topological polar surface area (TPSA) is 0 Å². The van der Waals surface area contributed by atoms with Gasteiger partial charge in [-0.15, -0.1) is 0 Å². The van der Waals surface area contributed by atoms with Crippen LogP contribution in [0, 0.1) is 0 Å². The van der Waals surface area contributed by atoms with Crippen LogP contribution in [-0.4, -0.2) is 25.6 Å². The molecule has 152 valence electrons. The highest BCUT2D eigenvalue weighted by molar-refractivity contribution is 4.72. The summed E-state index contributed by atoms with van der Waals surface area (Å²) in [5.74, 6) is 0. The summed E-state index contributed by atoms with van der Waals surface area (Å²) >= 11 is 0. The third kappa shape index (κ3) is 31.9. The molecule has 1 heteroatoms. The maximum Gasteiger partial charge on any atom is 0.0911 e. The minimum atomic E-state index is 0.943. The molecule has 0 atom stereocenters. The molecule has 0 aliphatic rings. The molecule has 0 aromatic carbocycles. The standard InChI is InChI=1S/C21H44N.C3H8/c1-5-6-7-8-9-10-11-12-13-14-15-16-17-18-19-20-21-22(2,3)4;1-3-2/h20-21H,5-19H2,1-4H3;3H2,1-2H3/q+1;. The number of hydrogen-bond acceptors (Lipinski definition) is 0. The first-order valence-electron chi connectivity index (χ1n) is 11.5. The van der Waals surface area contributed by atoms with Gasteiger partial charge in [0.25, 0.3) is 0 Å². The fourth-order valence-corrected chi connectivity index (χ4v) is 2.85. The lowest BCUT2D eigenvalue weighted by molar-refractivity contribution is -0.817. The van der Waals surface area contributed by atoms with E-state index < -0.39 is 0 Å². The van der Waals surface area contributed by atoms with Crippen molar-refractivity contribution in [1.29, 1.82) is 0 Å². The third-order valence-electron chi connectivity index (χ3n) is 4.28. The summed E-state index contributed by atoms with van der Waals surface area (Å²) < 4.78 is 0.943. The van der Waals surface area contributed by atoms with E-state index in [2.05, 4.69) is 54.2 Å². The van der Waals surface area contributed by atoms with Crippen LogP contribution in [0.3, 0.4) is 0 Å². The summed E-state index contributed by atoms with van der Waals surface area (Å²) in [7, 11) is 6.63. The van der Waals surface area contributed by atoms with Crippen LogP contribution in [0.15, 0.2) is 12.3 Å². The van der Waals surface area contributed by atoms with Crippen LogP contribution in [0.5, 0.6) is 0 Å². The normalized spacial score (nSPS) is 11.6. The van der Waals surface area contributed by atoms with E-state index in [1.165, 1.54) is 103 Å². The molecule has 25 heavy (non-hydrogen) atoms. The van der Waals surface area contributed by atoms with E-state index in [-0.39, 0.29) is 0 Å². The molecule has 0 aliphatic carbocycles. The van der Waals surface area contributed by atoms with E-state index in [0.29, 0.717) is 0 Å². The van der Waals surface area contributed by atoms with E-state index in [9.17, 15) is 0 Å². The Balaban J connectivity index is 0. The van der Waals surface area contributed by atoms with Gasteiger partial charge >= 0.3 is 0 Å². The first-order chi connectivity index (χ1) is 12.0. The van der Waals surface area contributed by atoms with Crippen LogP contribution in [0.1, 0.15) is 124 Å². The van der Waals surface area contributed by atoms with Gasteiger partial charge in [-0.1, -0.05) is 111 Å². The molecule has 0 aromatic heterocycles. The molecule has 0 saturated heterocycles. The Morgan fingerprint density at radius 1 is 0.520 bits per heavy atom. The predicted octanol–water partition coefficient (Wildman–Crippen LogP) is 8.49. The van der Waals surface area contributed by atoms with Crippen molar-refractivity contribution in [3.05, 3.63) is 12.3 Å². The van der Waals surface area contributed by atoms with Crippen molar-refractivity contribution < 1.29 is 4.48 Å². The molecule has 0 radical (unpaired) electrons. The molecule has 0 amide bonds. The van der Waals surface area contributed by atoms with Crippen molar-refractivity contribution in [2.75, 3.05) is 21.1 Å². The van der Waals surface area contributed by atoms with Crippen LogP contribution in [0.2, 0.25) is 0 Å². The van der Waals surface area contributed by atoms with E-state index in [4.69, 9.17) is 0 Å². The van der Waals surface area contributed by atoms with Gasteiger partial charge in [-0.05, 0) is 18.9 Å². The van der Waals surface area contributed by atoms with Crippen molar-refractivity contribution in [1.82, 2.24) is 0 Å². The van der Waals surface area contributed by atoms with Crippen LogP contribution in [-0.2, 0) is 0 Å². The van der Waals surface area contributed by atoms with Gasteiger partial charge in [0.1, 0.15) is 0 Å². The molecule has 1 nitrogen and oxygen atoms in total. The number of quaternary nitrogens is 1. The summed E-state index contributed by atoms with van der Waals surface area (Å²) in [6, 6.07) is 0. The molecule has 0 heterocycles. The van der Waals surface area contributed by atoms with Crippen LogP contribution in [0.4, 0.5) is 0 Å². The van der Waals surface area contributed by atoms with Gasteiger partial charge in [0.15, 0.2) is 0 Å². The largest absolute Gasteiger partial charge is 0.305 e. The number of unbranched alkanes of at least 4 members (excludes halogenated alkanes) is 14. The van der Waals surface area contributed by atoms with Crippen LogP contribution < -0.4 is 0 Å². The van der Waals surface area contributed by atoms with Crippen molar-refractivity contribution in [2.45, 2.75) is 124 Å². The SMILES string of the molecule is CCC.CCCCCCCCCCCCCCCCC=C[N+](C)(C)C. The number of nitrogens with zero attached hydrogens (tertiary/aromatic N) is 1. The first kappa shape index (κ1) is 26.9. The Hall–Kier alpha value is -0.300. The van der Waals surface area contributed by atoms with Crippen molar-refractivity contribution in [2.24, 2.45) is 0 Å². The highest BCUT2D eigenvalue weighted by Gasteiger charge is 1.98. The van der Waals surface area contributed by atoms with Gasteiger partial charge in [0.05, 0.1) is 27.3 Å². The molecule has 0 fully saturated rings. The van der Waals surface area contributed by atoms with Gasteiger partial charge in [0, 0.05) is 0 Å². The Bertz CT molecular complexity index is 249. The van der Waals surface area contributed by atoms with Crippen molar-refractivity contribution in [3.63, 3.8) is 0 Å². The molecule has 0 aromatic rings. The average molecular weight is 355 g/mol. The summed E-state index contributed by atoms with van der Waals surface area (Å²) in [5.41, 5.74) is 0. The molecule has 0 unspecified atom stereocenters. The Kier molecular flexibility index (Phi) is 23.4. The minimum Gasteiger partial charge on any atom is -0.305 e. The summed E-state index contributed by atoms with van der Waals surface area (Å²) in [6.07, 6.45) is 27.4. The van der Waals surface area contributed by atoms with Gasteiger partial charge < -0.3 is 4.48 Å². The zero-order valence-electron chi connectivity index (χ0n) is 18.9. The maximum atomic E-state index is 2.35. The van der Waals surface area contributed by atoms with E-state index in [0.717, 1.165) is 4.48 Å². The number of allylic oxidation sites excluding steroid dienone is 1. The molecular formula is C24H52N+. The zero-order valence-corrected chi connectivity index (χ0v) is 18.9. The first-order valence-corrected chi connectivity index (χ1v) is 11.5. The van der Waals surface area contributed by atoms with Crippen molar-refractivity contribution in [3.8, 4) is 0 Å². The Morgan fingerprint density at radius 2 is 0.840 bits per heavy atom. The molecule has 0 N–H and O–H groups in total. The van der Waals surface area contributed by atoms with E-state index in [1.54, 1.807) is 0 Å². The summed E-state index contributed by atoms with van der Waals surface area (Å²) in [4.78, 5) is 0. The average Bonchev–Trinajstić information content (AvgIpc) is 2.54. The molecular weight excluding hydrogens is 302 g/mol. The number of rotatable bonds is 16. The highest BCUT2D eigenvalue weighted by atomic mass is 15.3. The third-order valence-corrected chi connectivity index (χ3v) is 4.28.